The van der Waals surface area contributed by atoms with Gasteiger partial charge in [-0.1, -0.05) is 48.5 Å². The average molecular weight is 969 g/mol. The highest BCUT2D eigenvalue weighted by Crippen LogP contribution is 2.54. The minimum atomic E-state index is 0.509. The van der Waals surface area contributed by atoms with Gasteiger partial charge in [0, 0.05) is 0 Å². The van der Waals surface area contributed by atoms with Crippen LogP contribution in [0.25, 0.3) is 89.0 Å². The van der Waals surface area contributed by atoms with Crippen LogP contribution >= 0.6 is 0 Å². The van der Waals surface area contributed by atoms with E-state index in [1.165, 1.54) is 0 Å². The van der Waals surface area contributed by atoms with Crippen molar-refractivity contribution in [2.24, 2.45) is 0 Å². The molecule has 0 N–H and O–H groups in total. The number of fused-ring (bicyclic) bond motifs is 8. The van der Waals surface area contributed by atoms with Gasteiger partial charge < -0.3 is 56.8 Å². The fourth-order valence-corrected chi connectivity index (χ4v) is 9.72. The van der Waals surface area contributed by atoms with Crippen molar-refractivity contribution in [3.05, 3.63) is 121 Å². The number of rotatable bonds is 16. The summed E-state index contributed by atoms with van der Waals surface area (Å²) in [6.45, 7) is 0. The Bertz CT molecular complexity index is 2810. The van der Waals surface area contributed by atoms with Crippen molar-refractivity contribution in [2.45, 2.75) is 0 Å². The van der Waals surface area contributed by atoms with Gasteiger partial charge in [-0.3, -0.25) is 0 Å². The molecule has 0 aliphatic heterocycles. The number of hydrogen-bond acceptors (Lipinski definition) is 12. The molecule has 8 aromatic rings. The maximum absolute atomic E-state index is 5.84. The van der Waals surface area contributed by atoms with Crippen LogP contribution in [0.1, 0.15) is 0 Å². The highest BCUT2D eigenvalue weighted by atomic mass is 16.5. The largest absolute Gasteiger partial charge is 0.493 e. The summed E-state index contributed by atoms with van der Waals surface area (Å²) < 4.78 is 69.6. The Hall–Kier alpha value is -8.64. The molecule has 1 aliphatic carbocycles. The van der Waals surface area contributed by atoms with Crippen LogP contribution in [0, 0.1) is 0 Å². The van der Waals surface area contributed by atoms with Gasteiger partial charge in [0.25, 0.3) is 0 Å². The van der Waals surface area contributed by atoms with Crippen LogP contribution in [0.3, 0.4) is 0 Å². The maximum Gasteiger partial charge on any atom is 0.203 e. The predicted molar refractivity (Wildman–Crippen MR) is 282 cm³/mol. The van der Waals surface area contributed by atoms with E-state index in [1.807, 2.05) is 48.5 Å². The molecule has 0 saturated heterocycles. The molecule has 12 heteroatoms. The lowest BCUT2D eigenvalue weighted by atomic mass is 9.78. The van der Waals surface area contributed by atoms with Crippen molar-refractivity contribution in [2.75, 3.05) is 85.3 Å². The van der Waals surface area contributed by atoms with Gasteiger partial charge in [-0.2, -0.15) is 0 Å². The van der Waals surface area contributed by atoms with E-state index < -0.39 is 0 Å². The first-order chi connectivity index (χ1) is 35.1. The molecule has 0 heterocycles. The molecule has 0 unspecified atom stereocenters. The number of benzene rings is 8. The van der Waals surface area contributed by atoms with E-state index in [-0.39, 0.29) is 0 Å². The van der Waals surface area contributed by atoms with E-state index in [2.05, 4.69) is 72.8 Å². The standard InChI is InChI=1S/C60H56O12/c1-61-49-25-37(26-50(62-2)57(49)69-9)33-13-17-41-42-18-14-35(39-29-53(65-5)59(71-11)54(30-39)66-6)23-47(42)48-24-36(40-31-55(67-7)60(72-12)56(32-40)68-8)16-20-44(48)43-19-15-34(22-46(43)45(41)21-33)38-27-51(63-3)58(70-10)52(28-38)64-4/h13-32H,1-12H3. The monoisotopic (exact) mass is 968 g/mol. The molecule has 9 rings (SSSR count). The minimum absolute atomic E-state index is 0.509. The molecular formula is C60H56O12. The lowest BCUT2D eigenvalue weighted by Crippen LogP contribution is -2.00. The fourth-order valence-electron chi connectivity index (χ4n) is 9.72. The molecule has 0 spiro atoms. The van der Waals surface area contributed by atoms with E-state index in [4.69, 9.17) is 56.8 Å². The third kappa shape index (κ3) is 8.38. The molecule has 0 saturated carbocycles. The van der Waals surface area contributed by atoms with E-state index in [9.17, 15) is 0 Å². The first-order valence-electron chi connectivity index (χ1n) is 22.9. The molecule has 0 fully saturated rings. The molecule has 72 heavy (non-hydrogen) atoms. The lowest BCUT2D eigenvalue weighted by molar-refractivity contribution is 0.324. The molecule has 0 radical (unpaired) electrons. The van der Waals surface area contributed by atoms with Gasteiger partial charge in [-0.05, 0) is 162 Å². The van der Waals surface area contributed by atoms with Crippen molar-refractivity contribution in [1.29, 1.82) is 0 Å². The van der Waals surface area contributed by atoms with Crippen LogP contribution < -0.4 is 56.8 Å². The van der Waals surface area contributed by atoms with Gasteiger partial charge in [-0.15, -0.1) is 0 Å². The van der Waals surface area contributed by atoms with E-state index in [0.717, 1.165) is 89.0 Å². The summed E-state index contributed by atoms with van der Waals surface area (Å²) in [6.07, 6.45) is 0. The molecule has 0 atom stereocenters. The van der Waals surface area contributed by atoms with Crippen molar-refractivity contribution < 1.29 is 56.8 Å². The summed E-state index contributed by atoms with van der Waals surface area (Å²) in [7, 11) is 19.4. The molecule has 12 nitrogen and oxygen atoms in total. The molecule has 8 aromatic carbocycles. The zero-order chi connectivity index (χ0) is 50.8. The first-order valence-corrected chi connectivity index (χ1v) is 22.9. The molecular weight excluding hydrogens is 913 g/mol. The lowest BCUT2D eigenvalue weighted by Gasteiger charge is -2.26. The van der Waals surface area contributed by atoms with Crippen LogP contribution in [0.15, 0.2) is 121 Å². The minimum Gasteiger partial charge on any atom is -0.493 e. The van der Waals surface area contributed by atoms with Gasteiger partial charge in [0.05, 0.1) is 85.3 Å². The molecule has 1 aliphatic rings. The van der Waals surface area contributed by atoms with Gasteiger partial charge >= 0.3 is 0 Å². The number of ether oxygens (including phenoxy) is 12. The van der Waals surface area contributed by atoms with E-state index >= 15 is 0 Å². The van der Waals surface area contributed by atoms with Crippen LogP contribution in [-0.2, 0) is 0 Å². The van der Waals surface area contributed by atoms with Crippen molar-refractivity contribution >= 4 is 0 Å². The van der Waals surface area contributed by atoms with Crippen LogP contribution in [0.5, 0.6) is 69.0 Å². The Kier molecular flexibility index (Phi) is 13.7. The maximum atomic E-state index is 5.84. The normalized spacial score (nSPS) is 11.1. The van der Waals surface area contributed by atoms with Gasteiger partial charge in [0.2, 0.25) is 23.0 Å². The quantitative estimate of drug-likeness (QED) is 0.0919. The van der Waals surface area contributed by atoms with Crippen molar-refractivity contribution in [3.63, 3.8) is 0 Å². The zero-order valence-electron chi connectivity index (χ0n) is 42.4. The Morgan fingerprint density at radius 3 is 0.472 bits per heavy atom. The second-order valence-corrected chi connectivity index (χ2v) is 16.7. The van der Waals surface area contributed by atoms with Crippen molar-refractivity contribution in [3.8, 4) is 158 Å². The third-order valence-electron chi connectivity index (χ3n) is 13.2. The predicted octanol–water partition coefficient (Wildman–Crippen LogP) is 13.4. The Morgan fingerprint density at radius 2 is 0.333 bits per heavy atom. The molecule has 368 valence electrons. The Labute approximate surface area is 420 Å². The average Bonchev–Trinajstić information content (AvgIpc) is 3.44. The second kappa shape index (κ2) is 20.4. The van der Waals surface area contributed by atoms with E-state index in [0.29, 0.717) is 69.0 Å². The van der Waals surface area contributed by atoms with Gasteiger partial charge in [0.15, 0.2) is 46.0 Å². The summed E-state index contributed by atoms with van der Waals surface area (Å²) in [5.41, 5.74) is 15.3. The van der Waals surface area contributed by atoms with Crippen LogP contribution in [-0.4, -0.2) is 85.3 Å². The molecule has 0 amide bonds. The summed E-state index contributed by atoms with van der Waals surface area (Å²) in [5.74, 6) is 6.41. The summed E-state index contributed by atoms with van der Waals surface area (Å²) in [4.78, 5) is 0. The van der Waals surface area contributed by atoms with Crippen molar-refractivity contribution in [1.82, 2.24) is 0 Å². The number of hydrogen-bond donors (Lipinski definition) is 0. The van der Waals surface area contributed by atoms with Gasteiger partial charge in [0.1, 0.15) is 0 Å². The summed E-state index contributed by atoms with van der Waals surface area (Å²) in [6, 6.07) is 42.0. The second-order valence-electron chi connectivity index (χ2n) is 16.7. The topological polar surface area (TPSA) is 111 Å². The fraction of sp³-hybridized carbons (Fsp3) is 0.200. The number of methoxy groups -OCH3 is 12. The highest BCUT2D eigenvalue weighted by molar-refractivity contribution is 6.06. The third-order valence-corrected chi connectivity index (χ3v) is 13.2. The smallest absolute Gasteiger partial charge is 0.203 e. The Morgan fingerprint density at radius 1 is 0.167 bits per heavy atom. The highest BCUT2D eigenvalue weighted by Gasteiger charge is 2.27. The summed E-state index contributed by atoms with van der Waals surface area (Å²) >= 11 is 0. The Balaban J connectivity index is 1.38. The van der Waals surface area contributed by atoms with E-state index in [1.54, 1.807) is 85.3 Å². The van der Waals surface area contributed by atoms with Gasteiger partial charge in [-0.25, -0.2) is 0 Å². The first kappa shape index (κ1) is 48.4. The zero-order valence-corrected chi connectivity index (χ0v) is 42.4. The summed E-state index contributed by atoms with van der Waals surface area (Å²) in [5, 5.41) is 0. The van der Waals surface area contributed by atoms with Crippen LogP contribution in [0.2, 0.25) is 0 Å². The molecule has 0 aromatic heterocycles. The molecule has 0 bridgehead atoms. The van der Waals surface area contributed by atoms with Crippen LogP contribution in [0.4, 0.5) is 0 Å². The SMILES string of the molecule is COc1cc(-c2ccc3c(c2)-c2cc(-c4cc(OC)c(OC)c(OC)c4)ccc2-c2ccc(-c4cc(OC)c(OC)c(OC)c4)cc2-c2cc(-c4cc(OC)c(OC)c(OC)c4)ccc2-3)cc(OC)c1OC.